The van der Waals surface area contributed by atoms with E-state index in [1.165, 1.54) is 17.8 Å². The van der Waals surface area contributed by atoms with Crippen molar-refractivity contribution in [1.82, 2.24) is 19.1 Å². The molecule has 0 fully saturated rings. The molecule has 0 saturated carbocycles. The number of para-hydroxylation sites is 1. The van der Waals surface area contributed by atoms with Crippen LogP contribution in [0.3, 0.4) is 0 Å². The Morgan fingerprint density at radius 3 is 2.48 bits per heavy atom. The molecule has 21 heavy (non-hydrogen) atoms. The molecular formula is C14H13N5O2. The lowest BCUT2D eigenvalue weighted by Gasteiger charge is -2.09. The minimum absolute atomic E-state index is 0.165. The number of aromatic nitrogens is 4. The van der Waals surface area contributed by atoms with E-state index >= 15 is 0 Å². The third-order valence-corrected chi connectivity index (χ3v) is 3.20. The second-order valence-electron chi connectivity index (χ2n) is 4.62. The molecule has 106 valence electrons. The predicted molar refractivity (Wildman–Crippen MR) is 79.7 cm³/mol. The molecule has 0 aliphatic heterocycles. The second-order valence-corrected chi connectivity index (χ2v) is 4.62. The summed E-state index contributed by atoms with van der Waals surface area (Å²) in [5.41, 5.74) is 0.382. The van der Waals surface area contributed by atoms with E-state index < -0.39 is 11.2 Å². The van der Waals surface area contributed by atoms with E-state index in [1.54, 1.807) is 7.05 Å². The van der Waals surface area contributed by atoms with E-state index in [0.717, 1.165) is 10.3 Å². The standard InChI is InChI=1S/C14H13N5O2/c1-18-12-11(13(20)19(2)14(18)21)15-8-10(17-12)16-9-6-4-3-5-7-9/h3-8H,1-2H3,(H,16,17). The number of hydrogen-bond donors (Lipinski definition) is 1. The van der Waals surface area contributed by atoms with Crippen molar-refractivity contribution in [2.24, 2.45) is 14.1 Å². The molecule has 3 aromatic rings. The number of benzene rings is 1. The van der Waals surface area contributed by atoms with Crippen LogP contribution in [0.4, 0.5) is 11.5 Å². The van der Waals surface area contributed by atoms with Crippen LogP contribution in [-0.4, -0.2) is 19.1 Å². The van der Waals surface area contributed by atoms with Crippen LogP contribution in [-0.2, 0) is 14.1 Å². The van der Waals surface area contributed by atoms with Gasteiger partial charge in [-0.25, -0.2) is 14.8 Å². The number of anilines is 2. The van der Waals surface area contributed by atoms with Crippen LogP contribution >= 0.6 is 0 Å². The smallest absolute Gasteiger partial charge is 0.332 e. The Balaban J connectivity index is 2.17. The summed E-state index contributed by atoms with van der Waals surface area (Å²) in [4.78, 5) is 32.3. The molecule has 1 aromatic carbocycles. The van der Waals surface area contributed by atoms with Crippen LogP contribution in [0.1, 0.15) is 0 Å². The van der Waals surface area contributed by atoms with Gasteiger partial charge < -0.3 is 5.32 Å². The summed E-state index contributed by atoms with van der Waals surface area (Å²) in [6, 6.07) is 9.46. The second kappa shape index (κ2) is 4.86. The van der Waals surface area contributed by atoms with Gasteiger partial charge in [-0.3, -0.25) is 13.9 Å². The Morgan fingerprint density at radius 1 is 1.05 bits per heavy atom. The van der Waals surface area contributed by atoms with Crippen LogP contribution in [0.2, 0.25) is 0 Å². The zero-order valence-electron chi connectivity index (χ0n) is 11.6. The molecule has 7 nitrogen and oxygen atoms in total. The summed E-state index contributed by atoms with van der Waals surface area (Å²) in [7, 11) is 2.98. The molecule has 0 saturated heterocycles. The number of nitrogens with zero attached hydrogens (tertiary/aromatic N) is 4. The van der Waals surface area contributed by atoms with E-state index in [9.17, 15) is 9.59 Å². The van der Waals surface area contributed by atoms with Gasteiger partial charge in [0.15, 0.2) is 17.0 Å². The SMILES string of the molecule is Cn1c(=O)c2ncc(Nc3ccccc3)nc2n(C)c1=O. The van der Waals surface area contributed by atoms with Crippen LogP contribution in [0, 0.1) is 0 Å². The Labute approximate surface area is 119 Å². The summed E-state index contributed by atoms with van der Waals surface area (Å²) in [5.74, 6) is 0.469. The molecule has 1 N–H and O–H groups in total. The zero-order valence-corrected chi connectivity index (χ0v) is 11.6. The van der Waals surface area contributed by atoms with Crippen molar-refractivity contribution in [1.29, 1.82) is 0 Å². The highest BCUT2D eigenvalue weighted by atomic mass is 16.2. The molecule has 0 aliphatic rings. The van der Waals surface area contributed by atoms with E-state index in [4.69, 9.17) is 0 Å². The lowest BCUT2D eigenvalue weighted by molar-refractivity contribution is 0.704. The average Bonchev–Trinajstić information content (AvgIpc) is 2.52. The van der Waals surface area contributed by atoms with Crippen molar-refractivity contribution >= 4 is 22.7 Å². The predicted octanol–water partition coefficient (Wildman–Crippen LogP) is 0.771. The molecular weight excluding hydrogens is 270 g/mol. The largest absolute Gasteiger partial charge is 0.339 e. The van der Waals surface area contributed by atoms with Crippen molar-refractivity contribution in [2.75, 3.05) is 5.32 Å². The van der Waals surface area contributed by atoms with E-state index in [2.05, 4.69) is 15.3 Å². The number of hydrogen-bond acceptors (Lipinski definition) is 5. The Kier molecular flexibility index (Phi) is 3.02. The Bertz CT molecular complexity index is 928. The maximum absolute atomic E-state index is 12.0. The van der Waals surface area contributed by atoms with Crippen molar-refractivity contribution in [3.05, 3.63) is 57.4 Å². The number of aryl methyl sites for hydroxylation is 1. The Morgan fingerprint density at radius 2 is 1.76 bits per heavy atom. The molecule has 0 radical (unpaired) electrons. The molecule has 7 heteroatoms. The van der Waals surface area contributed by atoms with Gasteiger partial charge in [-0.1, -0.05) is 18.2 Å². The third-order valence-electron chi connectivity index (χ3n) is 3.20. The van der Waals surface area contributed by atoms with E-state index in [1.807, 2.05) is 30.3 Å². The molecule has 0 atom stereocenters. The normalized spacial score (nSPS) is 10.8. The maximum atomic E-state index is 12.0. The highest BCUT2D eigenvalue weighted by Gasteiger charge is 2.11. The summed E-state index contributed by atoms with van der Waals surface area (Å²) in [6.07, 6.45) is 1.47. The molecule has 0 unspecified atom stereocenters. The zero-order chi connectivity index (χ0) is 15.0. The Hall–Kier alpha value is -2.96. The molecule has 0 spiro atoms. The van der Waals surface area contributed by atoms with E-state index in [0.29, 0.717) is 5.82 Å². The van der Waals surface area contributed by atoms with Gasteiger partial charge in [0.1, 0.15) is 0 Å². The quantitative estimate of drug-likeness (QED) is 0.751. The number of nitrogens with one attached hydrogen (secondary N) is 1. The van der Waals surface area contributed by atoms with Gasteiger partial charge in [-0.15, -0.1) is 0 Å². The van der Waals surface area contributed by atoms with E-state index in [-0.39, 0.29) is 11.2 Å². The first kappa shape index (κ1) is 13.0. The van der Waals surface area contributed by atoms with Gasteiger partial charge in [0.05, 0.1) is 6.20 Å². The fourth-order valence-corrected chi connectivity index (χ4v) is 2.05. The molecule has 2 heterocycles. The summed E-state index contributed by atoms with van der Waals surface area (Å²) in [6.45, 7) is 0. The molecule has 0 bridgehead atoms. The van der Waals surface area contributed by atoms with Crippen LogP contribution in [0.5, 0.6) is 0 Å². The first-order chi connectivity index (χ1) is 10.1. The maximum Gasteiger partial charge on any atom is 0.332 e. The minimum Gasteiger partial charge on any atom is -0.339 e. The summed E-state index contributed by atoms with van der Waals surface area (Å²) >= 11 is 0. The van der Waals surface area contributed by atoms with Gasteiger partial charge in [-0.2, -0.15) is 0 Å². The van der Waals surface area contributed by atoms with Crippen molar-refractivity contribution in [3.8, 4) is 0 Å². The van der Waals surface area contributed by atoms with Gasteiger partial charge in [-0.05, 0) is 12.1 Å². The molecule has 2 aromatic heterocycles. The number of rotatable bonds is 2. The van der Waals surface area contributed by atoms with Crippen LogP contribution < -0.4 is 16.6 Å². The minimum atomic E-state index is -0.452. The average molecular weight is 283 g/mol. The van der Waals surface area contributed by atoms with Gasteiger partial charge >= 0.3 is 5.69 Å². The first-order valence-electron chi connectivity index (χ1n) is 6.33. The topological polar surface area (TPSA) is 81.8 Å². The van der Waals surface area contributed by atoms with Crippen LogP contribution in [0.15, 0.2) is 46.1 Å². The molecule has 0 aliphatic carbocycles. The summed E-state index contributed by atoms with van der Waals surface area (Å²) in [5, 5.41) is 3.08. The van der Waals surface area contributed by atoms with Crippen molar-refractivity contribution in [2.45, 2.75) is 0 Å². The fraction of sp³-hybridized carbons (Fsp3) is 0.143. The molecule has 3 rings (SSSR count). The monoisotopic (exact) mass is 283 g/mol. The van der Waals surface area contributed by atoms with Crippen molar-refractivity contribution in [3.63, 3.8) is 0 Å². The van der Waals surface area contributed by atoms with Gasteiger partial charge in [0, 0.05) is 19.8 Å². The van der Waals surface area contributed by atoms with Crippen molar-refractivity contribution < 1.29 is 0 Å². The lowest BCUT2D eigenvalue weighted by Crippen LogP contribution is -2.37. The third kappa shape index (κ3) is 2.18. The summed E-state index contributed by atoms with van der Waals surface area (Å²) < 4.78 is 2.32. The van der Waals surface area contributed by atoms with Gasteiger partial charge in [0.25, 0.3) is 5.56 Å². The number of fused-ring (bicyclic) bond motifs is 1. The molecule has 0 amide bonds. The van der Waals surface area contributed by atoms with Crippen LogP contribution in [0.25, 0.3) is 11.2 Å². The van der Waals surface area contributed by atoms with Gasteiger partial charge in [0.2, 0.25) is 0 Å². The lowest BCUT2D eigenvalue weighted by atomic mass is 10.3. The fourth-order valence-electron chi connectivity index (χ4n) is 2.05. The first-order valence-corrected chi connectivity index (χ1v) is 6.33. The highest BCUT2D eigenvalue weighted by Crippen LogP contribution is 2.14. The highest BCUT2D eigenvalue weighted by molar-refractivity contribution is 5.71.